The monoisotopic (exact) mass is 253 g/mol. The van der Waals surface area contributed by atoms with Crippen LogP contribution in [0.25, 0.3) is 5.69 Å². The minimum atomic E-state index is 0.367. The highest BCUT2D eigenvalue weighted by Crippen LogP contribution is 2.07. The Balaban J connectivity index is 1.97. The van der Waals surface area contributed by atoms with Crippen molar-refractivity contribution in [3.63, 3.8) is 0 Å². The summed E-state index contributed by atoms with van der Waals surface area (Å²) in [5.74, 6) is 2.70. The molecule has 1 aromatic carbocycles. The largest absolute Gasteiger partial charge is 0.307 e. The molecule has 1 aromatic heterocycles. The van der Waals surface area contributed by atoms with Gasteiger partial charge in [-0.15, -0.1) is 12.3 Å². The van der Waals surface area contributed by atoms with Crippen LogP contribution < -0.4 is 5.32 Å². The molecule has 1 atom stereocenters. The molecule has 0 aliphatic rings. The molecule has 1 heterocycles. The second-order valence-corrected chi connectivity index (χ2v) is 4.48. The summed E-state index contributed by atoms with van der Waals surface area (Å²) in [5.41, 5.74) is 2.10. The molecule has 2 rings (SSSR count). The van der Waals surface area contributed by atoms with E-state index in [9.17, 15) is 0 Å². The van der Waals surface area contributed by atoms with E-state index >= 15 is 0 Å². The van der Waals surface area contributed by atoms with Crippen LogP contribution in [0.3, 0.4) is 0 Å². The maximum absolute atomic E-state index is 5.34. The van der Waals surface area contributed by atoms with Crippen molar-refractivity contribution < 1.29 is 0 Å². The third-order valence-electron chi connectivity index (χ3n) is 3.09. The second kappa shape index (κ2) is 6.77. The van der Waals surface area contributed by atoms with Crippen LogP contribution in [0.5, 0.6) is 0 Å². The molecule has 98 valence electrons. The summed E-state index contributed by atoms with van der Waals surface area (Å²) in [4.78, 5) is 0. The van der Waals surface area contributed by atoms with E-state index in [0.29, 0.717) is 6.04 Å². The Morgan fingerprint density at radius 2 is 2.11 bits per heavy atom. The van der Waals surface area contributed by atoms with Gasteiger partial charge in [-0.25, -0.2) is 4.68 Å². The lowest BCUT2D eigenvalue weighted by Crippen LogP contribution is -2.27. The highest BCUT2D eigenvalue weighted by Gasteiger charge is 2.05. The first-order valence-electron chi connectivity index (χ1n) is 6.60. The summed E-state index contributed by atoms with van der Waals surface area (Å²) < 4.78 is 1.89. The SMILES string of the molecule is C#CCC(CC)NCc1ccn(-c2ccccc2)n1. The Labute approximate surface area is 114 Å². The predicted octanol–water partition coefficient (Wildman–Crippen LogP) is 2.76. The Morgan fingerprint density at radius 3 is 2.79 bits per heavy atom. The molecule has 0 bridgehead atoms. The van der Waals surface area contributed by atoms with Crippen molar-refractivity contribution >= 4 is 0 Å². The van der Waals surface area contributed by atoms with Crippen molar-refractivity contribution in [2.75, 3.05) is 0 Å². The first-order chi connectivity index (χ1) is 9.33. The van der Waals surface area contributed by atoms with E-state index in [0.717, 1.165) is 30.8 Å². The Bertz CT molecular complexity index is 537. The number of para-hydroxylation sites is 1. The zero-order valence-electron chi connectivity index (χ0n) is 11.2. The third-order valence-corrected chi connectivity index (χ3v) is 3.09. The zero-order valence-corrected chi connectivity index (χ0v) is 11.2. The molecule has 0 radical (unpaired) electrons. The fourth-order valence-electron chi connectivity index (χ4n) is 1.93. The van der Waals surface area contributed by atoms with Gasteiger partial charge in [-0.05, 0) is 24.6 Å². The molecule has 0 spiro atoms. The van der Waals surface area contributed by atoms with Gasteiger partial charge in [0.05, 0.1) is 11.4 Å². The summed E-state index contributed by atoms with van der Waals surface area (Å²) in [6, 6.07) is 12.5. The molecule has 19 heavy (non-hydrogen) atoms. The Hall–Kier alpha value is -2.05. The average Bonchev–Trinajstić information content (AvgIpc) is 2.93. The topological polar surface area (TPSA) is 29.9 Å². The van der Waals surface area contributed by atoms with E-state index < -0.39 is 0 Å². The van der Waals surface area contributed by atoms with Gasteiger partial charge < -0.3 is 5.32 Å². The molecule has 0 saturated heterocycles. The van der Waals surface area contributed by atoms with Crippen LogP contribution in [0.4, 0.5) is 0 Å². The normalized spacial score (nSPS) is 12.0. The van der Waals surface area contributed by atoms with Crippen LogP contribution in [0.1, 0.15) is 25.5 Å². The Morgan fingerprint density at radius 1 is 1.32 bits per heavy atom. The molecule has 0 amide bonds. The summed E-state index contributed by atoms with van der Waals surface area (Å²) in [7, 11) is 0. The third kappa shape index (κ3) is 3.70. The number of rotatable bonds is 6. The van der Waals surface area contributed by atoms with Crippen LogP contribution in [0.2, 0.25) is 0 Å². The molecular formula is C16H19N3. The standard InChI is InChI=1S/C16H19N3/c1-3-8-14(4-2)17-13-15-11-12-19(18-15)16-9-6-5-7-10-16/h1,5-7,9-12,14,17H,4,8,13H2,2H3. The van der Waals surface area contributed by atoms with Crippen molar-refractivity contribution in [2.24, 2.45) is 0 Å². The van der Waals surface area contributed by atoms with Gasteiger partial charge in [0.2, 0.25) is 0 Å². The van der Waals surface area contributed by atoms with E-state index in [1.807, 2.05) is 47.3 Å². The summed E-state index contributed by atoms with van der Waals surface area (Å²) in [6.07, 6.45) is 9.12. The highest BCUT2D eigenvalue weighted by molar-refractivity contribution is 5.30. The van der Waals surface area contributed by atoms with Gasteiger partial charge in [0.25, 0.3) is 0 Å². The molecule has 1 N–H and O–H groups in total. The average molecular weight is 253 g/mol. The van der Waals surface area contributed by atoms with Crippen molar-refractivity contribution in [3.05, 3.63) is 48.3 Å². The molecule has 0 aliphatic carbocycles. The molecule has 3 nitrogen and oxygen atoms in total. The quantitative estimate of drug-likeness (QED) is 0.802. The van der Waals surface area contributed by atoms with E-state index in [1.54, 1.807) is 0 Å². The van der Waals surface area contributed by atoms with E-state index in [2.05, 4.69) is 23.3 Å². The molecular weight excluding hydrogens is 234 g/mol. The lowest BCUT2D eigenvalue weighted by atomic mass is 10.1. The molecule has 0 saturated carbocycles. The first-order valence-corrected chi connectivity index (χ1v) is 6.60. The fraction of sp³-hybridized carbons (Fsp3) is 0.312. The highest BCUT2D eigenvalue weighted by atomic mass is 15.3. The molecule has 0 aliphatic heterocycles. The lowest BCUT2D eigenvalue weighted by Gasteiger charge is -2.12. The van der Waals surface area contributed by atoms with E-state index in [-0.39, 0.29) is 0 Å². The van der Waals surface area contributed by atoms with Crippen molar-refractivity contribution in [1.29, 1.82) is 0 Å². The maximum atomic E-state index is 5.34. The summed E-state index contributed by atoms with van der Waals surface area (Å²) in [5, 5.41) is 7.98. The van der Waals surface area contributed by atoms with E-state index in [1.165, 1.54) is 0 Å². The summed E-state index contributed by atoms with van der Waals surface area (Å²) >= 11 is 0. The van der Waals surface area contributed by atoms with Crippen LogP contribution in [0, 0.1) is 12.3 Å². The number of terminal acetylenes is 1. The predicted molar refractivity (Wildman–Crippen MR) is 77.9 cm³/mol. The lowest BCUT2D eigenvalue weighted by molar-refractivity contribution is 0.501. The van der Waals surface area contributed by atoms with Gasteiger partial charge >= 0.3 is 0 Å². The Kier molecular flexibility index (Phi) is 4.77. The number of nitrogens with zero attached hydrogens (tertiary/aromatic N) is 2. The van der Waals surface area contributed by atoms with Crippen LogP contribution in [-0.4, -0.2) is 15.8 Å². The fourth-order valence-corrected chi connectivity index (χ4v) is 1.93. The van der Waals surface area contributed by atoms with Gasteiger partial charge in [0, 0.05) is 25.2 Å². The number of benzene rings is 1. The number of nitrogens with one attached hydrogen (secondary N) is 1. The molecule has 0 fully saturated rings. The number of hydrogen-bond acceptors (Lipinski definition) is 2. The minimum Gasteiger partial charge on any atom is -0.307 e. The summed E-state index contributed by atoms with van der Waals surface area (Å²) in [6.45, 7) is 2.89. The van der Waals surface area contributed by atoms with Gasteiger partial charge in [-0.2, -0.15) is 5.10 Å². The first kappa shape index (κ1) is 13.4. The number of hydrogen-bond donors (Lipinski definition) is 1. The minimum absolute atomic E-state index is 0.367. The molecule has 2 aromatic rings. The van der Waals surface area contributed by atoms with Crippen LogP contribution in [-0.2, 0) is 6.54 Å². The van der Waals surface area contributed by atoms with Crippen molar-refractivity contribution in [1.82, 2.24) is 15.1 Å². The van der Waals surface area contributed by atoms with Crippen molar-refractivity contribution in [2.45, 2.75) is 32.4 Å². The maximum Gasteiger partial charge on any atom is 0.0766 e. The van der Waals surface area contributed by atoms with Gasteiger partial charge in [0.15, 0.2) is 0 Å². The smallest absolute Gasteiger partial charge is 0.0766 e. The van der Waals surface area contributed by atoms with Gasteiger partial charge in [-0.1, -0.05) is 25.1 Å². The van der Waals surface area contributed by atoms with E-state index in [4.69, 9.17) is 6.42 Å². The van der Waals surface area contributed by atoms with Crippen LogP contribution in [0.15, 0.2) is 42.6 Å². The van der Waals surface area contributed by atoms with Crippen LogP contribution >= 0.6 is 0 Å². The zero-order chi connectivity index (χ0) is 13.5. The molecule has 3 heteroatoms. The second-order valence-electron chi connectivity index (χ2n) is 4.48. The van der Waals surface area contributed by atoms with Crippen molar-refractivity contribution in [3.8, 4) is 18.0 Å². The van der Waals surface area contributed by atoms with Gasteiger partial charge in [-0.3, -0.25) is 0 Å². The van der Waals surface area contributed by atoms with Gasteiger partial charge in [0.1, 0.15) is 0 Å². The molecule has 1 unspecified atom stereocenters. The number of aromatic nitrogens is 2.